The maximum Gasteiger partial charge on any atom is 0.0799 e. The molecule has 0 aromatic rings. The monoisotopic (exact) mass is 213 g/mol. The van der Waals surface area contributed by atoms with Crippen molar-refractivity contribution in [2.24, 2.45) is 0 Å². The van der Waals surface area contributed by atoms with Crippen molar-refractivity contribution in [2.75, 3.05) is 14.1 Å². The third-order valence-corrected chi connectivity index (χ3v) is 6.84. The van der Waals surface area contributed by atoms with Crippen LogP contribution in [0.3, 0.4) is 0 Å². The second-order valence-electron chi connectivity index (χ2n) is 4.30. The summed E-state index contributed by atoms with van der Waals surface area (Å²) in [5.74, 6) is 0. The van der Waals surface area contributed by atoms with Crippen molar-refractivity contribution in [3.63, 3.8) is 0 Å². The number of hydrogen-bond acceptors (Lipinski definition) is 1. The fraction of sp³-hybridized carbons (Fsp3) is 0.833. The molecule has 0 aromatic heterocycles. The third-order valence-electron chi connectivity index (χ3n) is 2.80. The maximum atomic E-state index is 2.52. The minimum Gasteiger partial charge on any atom is -0.309 e. The first-order valence-electron chi connectivity index (χ1n) is 5.96. The van der Waals surface area contributed by atoms with Crippen LogP contribution in [-0.4, -0.2) is 33.5 Å². The largest absolute Gasteiger partial charge is 0.309 e. The van der Waals surface area contributed by atoms with Crippen molar-refractivity contribution in [3.8, 4) is 0 Å². The molecule has 0 fully saturated rings. The van der Waals surface area contributed by atoms with Crippen molar-refractivity contribution in [2.45, 2.75) is 51.7 Å². The Morgan fingerprint density at radius 3 is 2.21 bits per heavy atom. The fourth-order valence-electron chi connectivity index (χ4n) is 2.15. The quantitative estimate of drug-likeness (QED) is 0.588. The molecular weight excluding hydrogens is 186 g/mol. The molecule has 0 aliphatic heterocycles. The minimum atomic E-state index is -0.679. The maximum absolute atomic E-state index is 2.52. The van der Waals surface area contributed by atoms with E-state index in [1.54, 1.807) is 0 Å². The van der Waals surface area contributed by atoms with E-state index in [9.17, 15) is 0 Å². The highest BCUT2D eigenvalue weighted by Crippen LogP contribution is 2.13. The average molecular weight is 213 g/mol. The molecule has 0 aromatic carbocycles. The Labute approximate surface area is 91.8 Å². The zero-order chi connectivity index (χ0) is 11.0. The molecule has 0 aliphatic rings. The lowest BCUT2D eigenvalue weighted by Crippen LogP contribution is -2.41. The zero-order valence-electron chi connectivity index (χ0n) is 10.6. The van der Waals surface area contributed by atoms with E-state index in [2.05, 4.69) is 51.5 Å². The van der Waals surface area contributed by atoms with Gasteiger partial charge in [-0.3, -0.25) is 0 Å². The standard InChI is InChI=1S/C12H27NSi/c1-6-9-12(13(4)5)14(10-7-2)11-8-3/h7,10,12,14H,6,8-9,11H2,1-5H3/b10-7-. The lowest BCUT2D eigenvalue weighted by Gasteiger charge is -2.29. The van der Waals surface area contributed by atoms with Crippen LogP contribution in [0.2, 0.25) is 6.04 Å². The van der Waals surface area contributed by atoms with Gasteiger partial charge >= 0.3 is 0 Å². The molecule has 0 aliphatic carbocycles. The van der Waals surface area contributed by atoms with Gasteiger partial charge < -0.3 is 4.90 Å². The van der Waals surface area contributed by atoms with Crippen LogP contribution in [0, 0.1) is 0 Å². The number of allylic oxidation sites excluding steroid dienone is 1. The Kier molecular flexibility index (Phi) is 8.19. The highest BCUT2D eigenvalue weighted by atomic mass is 28.3. The van der Waals surface area contributed by atoms with Gasteiger partial charge in [-0.1, -0.05) is 38.8 Å². The van der Waals surface area contributed by atoms with Gasteiger partial charge in [0, 0.05) is 5.67 Å². The molecule has 0 heterocycles. The van der Waals surface area contributed by atoms with Gasteiger partial charge in [-0.25, -0.2) is 0 Å². The lowest BCUT2D eigenvalue weighted by molar-refractivity contribution is 0.350. The Morgan fingerprint density at radius 1 is 1.21 bits per heavy atom. The van der Waals surface area contributed by atoms with Crippen LogP contribution < -0.4 is 0 Å². The fourth-order valence-corrected chi connectivity index (χ4v) is 5.67. The van der Waals surface area contributed by atoms with Crippen molar-refractivity contribution < 1.29 is 0 Å². The Morgan fingerprint density at radius 2 is 1.86 bits per heavy atom. The predicted octanol–water partition coefficient (Wildman–Crippen LogP) is 3.01. The highest BCUT2D eigenvalue weighted by molar-refractivity contribution is 6.65. The van der Waals surface area contributed by atoms with Gasteiger partial charge in [-0.15, -0.1) is 5.70 Å². The van der Waals surface area contributed by atoms with E-state index in [1.807, 2.05) is 0 Å². The molecule has 0 saturated carbocycles. The van der Waals surface area contributed by atoms with Crippen LogP contribution in [0.5, 0.6) is 0 Å². The van der Waals surface area contributed by atoms with Gasteiger partial charge in [0.05, 0.1) is 8.80 Å². The normalized spacial score (nSPS) is 16.4. The summed E-state index contributed by atoms with van der Waals surface area (Å²) in [6, 6.07) is 1.45. The predicted molar refractivity (Wildman–Crippen MR) is 69.4 cm³/mol. The number of hydrogen-bond donors (Lipinski definition) is 0. The molecular formula is C12H27NSi. The molecule has 0 radical (unpaired) electrons. The van der Waals surface area contributed by atoms with Crippen LogP contribution in [0.4, 0.5) is 0 Å². The Balaban J connectivity index is 4.37. The second kappa shape index (κ2) is 8.24. The summed E-state index contributed by atoms with van der Waals surface area (Å²) in [7, 11) is 3.79. The van der Waals surface area contributed by atoms with Crippen LogP contribution in [0.1, 0.15) is 40.0 Å². The van der Waals surface area contributed by atoms with Crippen LogP contribution in [-0.2, 0) is 0 Å². The summed E-state index contributed by atoms with van der Waals surface area (Å²) in [5.41, 5.74) is 3.38. The van der Waals surface area contributed by atoms with Crippen molar-refractivity contribution in [3.05, 3.63) is 11.8 Å². The molecule has 2 unspecified atom stereocenters. The van der Waals surface area contributed by atoms with Crippen molar-refractivity contribution >= 4 is 8.80 Å². The Hall–Kier alpha value is -0.0831. The average Bonchev–Trinajstić information content (AvgIpc) is 2.13. The van der Waals surface area contributed by atoms with Gasteiger partial charge in [0.15, 0.2) is 0 Å². The van der Waals surface area contributed by atoms with Crippen LogP contribution >= 0.6 is 0 Å². The second-order valence-corrected chi connectivity index (χ2v) is 7.36. The molecule has 0 spiro atoms. The van der Waals surface area contributed by atoms with E-state index < -0.39 is 8.80 Å². The van der Waals surface area contributed by atoms with Gasteiger partial charge in [0.1, 0.15) is 0 Å². The zero-order valence-corrected chi connectivity index (χ0v) is 11.7. The summed E-state index contributed by atoms with van der Waals surface area (Å²) in [5, 5.41) is 0. The molecule has 2 atom stereocenters. The van der Waals surface area contributed by atoms with Crippen LogP contribution in [0.15, 0.2) is 11.8 Å². The molecule has 0 rings (SSSR count). The summed E-state index contributed by atoms with van der Waals surface area (Å²) in [6.45, 7) is 6.76. The first-order valence-corrected chi connectivity index (χ1v) is 8.11. The summed E-state index contributed by atoms with van der Waals surface area (Å²) in [6.07, 6.45) is 6.29. The molecule has 2 heteroatoms. The van der Waals surface area contributed by atoms with Gasteiger partial charge in [0.2, 0.25) is 0 Å². The molecule has 0 saturated heterocycles. The van der Waals surface area contributed by atoms with E-state index in [-0.39, 0.29) is 0 Å². The Bertz CT molecular complexity index is 154. The van der Waals surface area contributed by atoms with Gasteiger partial charge in [0.25, 0.3) is 0 Å². The molecule has 1 nitrogen and oxygen atoms in total. The van der Waals surface area contributed by atoms with E-state index in [1.165, 1.54) is 25.3 Å². The SMILES string of the molecule is C/C=C\[SiH](CCC)C(CCC)N(C)C. The molecule has 0 amide bonds. The first-order chi connectivity index (χ1) is 6.67. The van der Waals surface area contributed by atoms with Crippen molar-refractivity contribution in [1.82, 2.24) is 4.90 Å². The lowest BCUT2D eigenvalue weighted by atomic mass is 10.3. The van der Waals surface area contributed by atoms with Crippen LogP contribution in [0.25, 0.3) is 0 Å². The number of nitrogens with zero attached hydrogens (tertiary/aromatic N) is 1. The van der Waals surface area contributed by atoms with E-state index in [4.69, 9.17) is 0 Å². The molecule has 14 heavy (non-hydrogen) atoms. The van der Waals surface area contributed by atoms with E-state index >= 15 is 0 Å². The molecule has 84 valence electrons. The van der Waals surface area contributed by atoms with E-state index in [0.717, 1.165) is 5.67 Å². The smallest absolute Gasteiger partial charge is 0.0799 e. The van der Waals surface area contributed by atoms with Gasteiger partial charge in [-0.2, -0.15) is 0 Å². The molecule has 0 N–H and O–H groups in total. The van der Waals surface area contributed by atoms with E-state index in [0.29, 0.717) is 0 Å². The first kappa shape index (κ1) is 13.9. The topological polar surface area (TPSA) is 3.24 Å². The third kappa shape index (κ3) is 4.96. The van der Waals surface area contributed by atoms with Gasteiger partial charge in [-0.05, 0) is 27.4 Å². The summed E-state index contributed by atoms with van der Waals surface area (Å²) in [4.78, 5) is 2.44. The summed E-state index contributed by atoms with van der Waals surface area (Å²) >= 11 is 0. The minimum absolute atomic E-state index is 0.679. The molecule has 0 bridgehead atoms. The number of rotatable bonds is 7. The summed E-state index contributed by atoms with van der Waals surface area (Å²) < 4.78 is 0. The van der Waals surface area contributed by atoms with Crippen molar-refractivity contribution in [1.29, 1.82) is 0 Å². The highest BCUT2D eigenvalue weighted by Gasteiger charge is 2.20.